The van der Waals surface area contributed by atoms with Gasteiger partial charge in [0.2, 0.25) is 5.91 Å². The van der Waals surface area contributed by atoms with Gasteiger partial charge in [-0.1, -0.05) is 12.8 Å². The molecule has 1 saturated carbocycles. The second-order valence-corrected chi connectivity index (χ2v) is 6.46. The number of hydrogen-bond donors (Lipinski definition) is 1. The third-order valence-electron chi connectivity index (χ3n) is 5.20. The fourth-order valence-corrected chi connectivity index (χ4v) is 4.09. The Kier molecular flexibility index (Phi) is 5.08. The summed E-state index contributed by atoms with van der Waals surface area (Å²) in [4.78, 5) is 14.2. The van der Waals surface area contributed by atoms with Crippen LogP contribution < -0.4 is 5.32 Å². The zero-order valence-electron chi connectivity index (χ0n) is 11.9. The standard InChI is InChI=1S/C14H21F3N2O.ClH/c15-14(16,17)12-4-2-1-3-11(12)13(20)19-7-9-5-18-6-10(9)8-19;/h9-12,18H,1-8H2;1H/t9-,10+,11?,12?;. The molecule has 3 fully saturated rings. The lowest BCUT2D eigenvalue weighted by Gasteiger charge is -2.34. The number of alkyl halides is 3. The maximum atomic E-state index is 13.1. The van der Waals surface area contributed by atoms with Gasteiger partial charge in [0.05, 0.1) is 5.92 Å². The Hall–Kier alpha value is -0.490. The van der Waals surface area contributed by atoms with Crippen molar-refractivity contribution in [2.24, 2.45) is 23.7 Å². The summed E-state index contributed by atoms with van der Waals surface area (Å²) in [5.41, 5.74) is 0. The van der Waals surface area contributed by atoms with Crippen LogP contribution in [0.4, 0.5) is 13.2 Å². The van der Waals surface area contributed by atoms with Crippen molar-refractivity contribution in [2.45, 2.75) is 31.9 Å². The normalized spacial score (nSPS) is 36.2. The first-order chi connectivity index (χ1) is 9.47. The molecule has 1 amide bonds. The summed E-state index contributed by atoms with van der Waals surface area (Å²) in [6, 6.07) is 0. The van der Waals surface area contributed by atoms with E-state index < -0.39 is 18.0 Å². The van der Waals surface area contributed by atoms with Crippen LogP contribution in [0.3, 0.4) is 0 Å². The summed E-state index contributed by atoms with van der Waals surface area (Å²) in [6.07, 6.45) is -2.40. The molecule has 3 nitrogen and oxygen atoms in total. The summed E-state index contributed by atoms with van der Waals surface area (Å²) in [6.45, 7) is 3.05. The first-order valence-corrected chi connectivity index (χ1v) is 7.53. The lowest BCUT2D eigenvalue weighted by Crippen LogP contribution is -2.44. The number of likely N-dealkylation sites (tertiary alicyclic amines) is 1. The van der Waals surface area contributed by atoms with E-state index in [0.29, 0.717) is 37.8 Å². The monoisotopic (exact) mass is 326 g/mol. The van der Waals surface area contributed by atoms with Crippen LogP contribution in [0.15, 0.2) is 0 Å². The summed E-state index contributed by atoms with van der Waals surface area (Å²) in [5.74, 6) is -1.64. The van der Waals surface area contributed by atoms with Gasteiger partial charge in [-0.15, -0.1) is 12.4 Å². The molecule has 2 saturated heterocycles. The van der Waals surface area contributed by atoms with E-state index in [9.17, 15) is 18.0 Å². The molecule has 0 spiro atoms. The summed E-state index contributed by atoms with van der Waals surface area (Å²) in [5, 5.41) is 3.28. The van der Waals surface area contributed by atoms with Gasteiger partial charge in [-0.25, -0.2) is 0 Å². The lowest BCUT2D eigenvalue weighted by molar-refractivity contribution is -0.200. The second-order valence-electron chi connectivity index (χ2n) is 6.46. The van der Waals surface area contributed by atoms with Gasteiger partial charge in [0, 0.05) is 32.1 Å². The van der Waals surface area contributed by atoms with Gasteiger partial charge in [0.15, 0.2) is 0 Å². The molecular weight excluding hydrogens is 305 g/mol. The maximum Gasteiger partial charge on any atom is 0.392 e. The Bertz CT molecular complexity index is 379. The van der Waals surface area contributed by atoms with E-state index in [1.165, 1.54) is 0 Å². The molecule has 0 aromatic carbocycles. The van der Waals surface area contributed by atoms with E-state index in [4.69, 9.17) is 0 Å². The molecule has 3 rings (SSSR count). The molecule has 2 heterocycles. The largest absolute Gasteiger partial charge is 0.392 e. The summed E-state index contributed by atoms with van der Waals surface area (Å²) < 4.78 is 39.3. The van der Waals surface area contributed by atoms with Gasteiger partial charge in [-0.05, 0) is 24.7 Å². The number of amides is 1. The third-order valence-corrected chi connectivity index (χ3v) is 5.20. The predicted octanol–water partition coefficient (Wildman–Crippen LogP) is 2.45. The number of nitrogens with one attached hydrogen (secondary N) is 1. The molecule has 0 aromatic heterocycles. The number of carbonyl (C=O) groups is 1. The van der Waals surface area contributed by atoms with Crippen molar-refractivity contribution in [2.75, 3.05) is 26.2 Å². The molecule has 1 N–H and O–H groups in total. The van der Waals surface area contributed by atoms with E-state index in [0.717, 1.165) is 19.5 Å². The molecule has 0 radical (unpaired) electrons. The van der Waals surface area contributed by atoms with Crippen LogP contribution in [0, 0.1) is 23.7 Å². The van der Waals surface area contributed by atoms with Crippen LogP contribution in [-0.2, 0) is 4.79 Å². The van der Waals surface area contributed by atoms with Crippen molar-refractivity contribution in [1.29, 1.82) is 0 Å². The molecule has 2 aliphatic heterocycles. The average Bonchev–Trinajstić information content (AvgIpc) is 2.97. The fourth-order valence-electron chi connectivity index (χ4n) is 4.09. The van der Waals surface area contributed by atoms with Crippen LogP contribution in [0.2, 0.25) is 0 Å². The van der Waals surface area contributed by atoms with Gasteiger partial charge < -0.3 is 10.2 Å². The summed E-state index contributed by atoms with van der Waals surface area (Å²) in [7, 11) is 0. The highest BCUT2D eigenvalue weighted by Crippen LogP contribution is 2.43. The van der Waals surface area contributed by atoms with Gasteiger partial charge in [0.25, 0.3) is 0 Å². The Morgan fingerprint density at radius 1 is 1.05 bits per heavy atom. The Morgan fingerprint density at radius 3 is 2.19 bits per heavy atom. The molecule has 0 aromatic rings. The first kappa shape index (κ1) is 16.9. The van der Waals surface area contributed by atoms with Gasteiger partial charge in [0.1, 0.15) is 0 Å². The molecular formula is C14H22ClF3N2O. The number of carbonyl (C=O) groups excluding carboxylic acids is 1. The predicted molar refractivity (Wildman–Crippen MR) is 75.2 cm³/mol. The van der Waals surface area contributed by atoms with E-state index >= 15 is 0 Å². The number of hydrogen-bond acceptors (Lipinski definition) is 2. The molecule has 4 atom stereocenters. The highest BCUT2D eigenvalue weighted by Gasteiger charge is 2.50. The van der Waals surface area contributed by atoms with Crippen molar-refractivity contribution in [3.63, 3.8) is 0 Å². The lowest BCUT2D eigenvalue weighted by atomic mass is 9.78. The quantitative estimate of drug-likeness (QED) is 0.803. The van der Waals surface area contributed by atoms with Crippen LogP contribution in [0.25, 0.3) is 0 Å². The number of fused-ring (bicyclic) bond motifs is 1. The Labute approximate surface area is 129 Å². The average molecular weight is 327 g/mol. The number of nitrogens with zero attached hydrogens (tertiary/aromatic N) is 1. The molecule has 3 aliphatic rings. The second kappa shape index (κ2) is 6.32. The van der Waals surface area contributed by atoms with E-state index in [1.807, 2.05) is 0 Å². The maximum absolute atomic E-state index is 13.1. The fraction of sp³-hybridized carbons (Fsp3) is 0.929. The number of halogens is 4. The molecule has 0 bridgehead atoms. The third kappa shape index (κ3) is 3.31. The van der Waals surface area contributed by atoms with Crippen LogP contribution in [0.5, 0.6) is 0 Å². The molecule has 7 heteroatoms. The highest BCUT2D eigenvalue weighted by atomic mass is 35.5. The minimum atomic E-state index is -4.24. The Balaban J connectivity index is 0.00000161. The van der Waals surface area contributed by atoms with Crippen molar-refractivity contribution in [1.82, 2.24) is 10.2 Å². The first-order valence-electron chi connectivity index (χ1n) is 7.53. The van der Waals surface area contributed by atoms with Gasteiger partial charge in [-0.3, -0.25) is 4.79 Å². The Morgan fingerprint density at radius 2 is 1.62 bits per heavy atom. The zero-order chi connectivity index (χ0) is 14.3. The van der Waals surface area contributed by atoms with Gasteiger partial charge in [-0.2, -0.15) is 13.2 Å². The van der Waals surface area contributed by atoms with Crippen molar-refractivity contribution >= 4 is 18.3 Å². The van der Waals surface area contributed by atoms with E-state index in [-0.39, 0.29) is 24.7 Å². The van der Waals surface area contributed by atoms with E-state index in [1.54, 1.807) is 4.90 Å². The zero-order valence-corrected chi connectivity index (χ0v) is 12.7. The molecule has 2 unspecified atom stereocenters. The van der Waals surface area contributed by atoms with Crippen LogP contribution >= 0.6 is 12.4 Å². The minimum absolute atomic E-state index is 0. The van der Waals surface area contributed by atoms with E-state index in [2.05, 4.69) is 5.32 Å². The van der Waals surface area contributed by atoms with Crippen LogP contribution in [0.1, 0.15) is 25.7 Å². The van der Waals surface area contributed by atoms with Crippen molar-refractivity contribution in [3.05, 3.63) is 0 Å². The van der Waals surface area contributed by atoms with Crippen molar-refractivity contribution < 1.29 is 18.0 Å². The molecule has 21 heavy (non-hydrogen) atoms. The highest BCUT2D eigenvalue weighted by molar-refractivity contribution is 5.85. The molecule has 1 aliphatic carbocycles. The topological polar surface area (TPSA) is 32.3 Å². The van der Waals surface area contributed by atoms with Crippen LogP contribution in [-0.4, -0.2) is 43.2 Å². The van der Waals surface area contributed by atoms with Crippen molar-refractivity contribution in [3.8, 4) is 0 Å². The SMILES string of the molecule is Cl.O=C(C1CCCCC1C(F)(F)F)N1C[C@H]2CNC[C@H]2C1. The minimum Gasteiger partial charge on any atom is -0.342 e. The molecule has 122 valence electrons. The summed E-state index contributed by atoms with van der Waals surface area (Å²) >= 11 is 0. The van der Waals surface area contributed by atoms with Gasteiger partial charge >= 0.3 is 6.18 Å². The number of rotatable bonds is 1. The smallest absolute Gasteiger partial charge is 0.342 e.